The fourth-order valence-corrected chi connectivity index (χ4v) is 4.22. The average Bonchev–Trinajstić information content (AvgIpc) is 2.96. The first-order valence-corrected chi connectivity index (χ1v) is 13.9. The number of amides is 1. The van der Waals surface area contributed by atoms with E-state index in [4.69, 9.17) is 14.6 Å². The minimum Gasteiger partial charge on any atom is -0.489 e. The molecule has 0 aliphatic carbocycles. The van der Waals surface area contributed by atoms with Gasteiger partial charge in [0.05, 0.1) is 0 Å². The molecule has 3 rings (SSSR count). The van der Waals surface area contributed by atoms with Crippen LogP contribution in [-0.2, 0) is 16.2 Å². The highest BCUT2D eigenvalue weighted by Crippen LogP contribution is 2.33. The molecule has 8 nitrogen and oxygen atoms in total. The summed E-state index contributed by atoms with van der Waals surface area (Å²) in [6, 6.07) is 16.3. The van der Waals surface area contributed by atoms with Crippen LogP contribution in [0.3, 0.4) is 0 Å². The van der Waals surface area contributed by atoms with Gasteiger partial charge in [0.2, 0.25) is 0 Å². The van der Waals surface area contributed by atoms with Crippen molar-refractivity contribution in [2.75, 3.05) is 32.4 Å². The van der Waals surface area contributed by atoms with E-state index in [9.17, 15) is 36.6 Å². The first-order valence-electron chi connectivity index (χ1n) is 12.6. The zero-order valence-corrected chi connectivity index (χ0v) is 23.9. The van der Waals surface area contributed by atoms with E-state index in [1.807, 2.05) is 13.0 Å². The van der Waals surface area contributed by atoms with Gasteiger partial charge in [-0.15, -0.1) is 11.8 Å². The summed E-state index contributed by atoms with van der Waals surface area (Å²) in [6.07, 6.45) is -3.28. The third-order valence-corrected chi connectivity index (χ3v) is 6.43. The third kappa shape index (κ3) is 11.2. The van der Waals surface area contributed by atoms with Gasteiger partial charge in [0.15, 0.2) is 11.6 Å². The maximum atomic E-state index is 13.8. The summed E-state index contributed by atoms with van der Waals surface area (Å²) in [5, 5.41) is 19.4. The number of carbonyl (C=O) groups excluding carboxylic acids is 1. The molecule has 0 heterocycles. The summed E-state index contributed by atoms with van der Waals surface area (Å²) in [5.74, 6) is -5.41. The zero-order valence-electron chi connectivity index (χ0n) is 23.1. The van der Waals surface area contributed by atoms with Crippen molar-refractivity contribution in [1.82, 2.24) is 10.2 Å². The number of carboxylic acid groups (broad SMARTS) is 2. The van der Waals surface area contributed by atoms with E-state index in [1.54, 1.807) is 48.7 Å². The van der Waals surface area contributed by atoms with Gasteiger partial charge in [-0.1, -0.05) is 31.2 Å². The van der Waals surface area contributed by atoms with Gasteiger partial charge < -0.3 is 25.2 Å². The molecule has 3 aromatic carbocycles. The molecular weight excluding hydrogens is 599 g/mol. The minimum absolute atomic E-state index is 0.192. The van der Waals surface area contributed by atoms with Crippen LogP contribution in [0.4, 0.5) is 22.0 Å². The van der Waals surface area contributed by atoms with Crippen molar-refractivity contribution >= 4 is 29.6 Å². The molecule has 0 spiro atoms. The maximum absolute atomic E-state index is 13.8. The molecule has 0 aliphatic heterocycles. The Morgan fingerprint density at radius 2 is 1.60 bits per heavy atom. The van der Waals surface area contributed by atoms with Gasteiger partial charge in [0.25, 0.3) is 5.91 Å². The lowest BCUT2D eigenvalue weighted by atomic mass is 10.1. The molecule has 0 atom stereocenters. The minimum atomic E-state index is -5.08. The van der Waals surface area contributed by atoms with Crippen LogP contribution in [0.1, 0.15) is 22.8 Å². The molecule has 43 heavy (non-hydrogen) atoms. The van der Waals surface area contributed by atoms with Gasteiger partial charge in [-0.2, -0.15) is 13.2 Å². The summed E-state index contributed by atoms with van der Waals surface area (Å²) < 4.78 is 64.9. The lowest BCUT2D eigenvalue weighted by Crippen LogP contribution is -2.40. The number of hydrogen-bond donors (Lipinski definition) is 3. The Balaban J connectivity index is 0.000000821. The van der Waals surface area contributed by atoms with Crippen molar-refractivity contribution in [3.8, 4) is 16.9 Å². The van der Waals surface area contributed by atoms with E-state index in [0.717, 1.165) is 17.7 Å². The Hall–Kier alpha value is -4.17. The quantitative estimate of drug-likeness (QED) is 0.133. The van der Waals surface area contributed by atoms with Gasteiger partial charge in [-0.25, -0.2) is 13.6 Å². The van der Waals surface area contributed by atoms with Crippen molar-refractivity contribution in [2.45, 2.75) is 24.6 Å². The summed E-state index contributed by atoms with van der Waals surface area (Å²) >= 11 is 1.33. The van der Waals surface area contributed by atoms with Crippen LogP contribution in [-0.4, -0.2) is 71.6 Å². The smallest absolute Gasteiger partial charge is 0.489 e. The van der Waals surface area contributed by atoms with Gasteiger partial charge in [0.1, 0.15) is 18.9 Å². The van der Waals surface area contributed by atoms with Crippen LogP contribution in [0.5, 0.6) is 5.75 Å². The number of hydrogen-bond acceptors (Lipinski definition) is 6. The lowest BCUT2D eigenvalue weighted by Gasteiger charge is -2.21. The molecule has 0 fully saturated rings. The Kier molecular flexibility index (Phi) is 13.4. The summed E-state index contributed by atoms with van der Waals surface area (Å²) in [4.78, 5) is 35.0. The fourth-order valence-electron chi connectivity index (χ4n) is 3.60. The summed E-state index contributed by atoms with van der Waals surface area (Å²) in [7, 11) is 0. The molecule has 14 heteroatoms. The van der Waals surface area contributed by atoms with Crippen molar-refractivity contribution in [2.24, 2.45) is 0 Å². The topological polar surface area (TPSA) is 116 Å². The van der Waals surface area contributed by atoms with E-state index in [2.05, 4.69) is 5.32 Å². The maximum Gasteiger partial charge on any atom is 0.490 e. The van der Waals surface area contributed by atoms with Crippen molar-refractivity contribution in [3.63, 3.8) is 0 Å². The standard InChI is InChI=1S/C27H28F2N2O4S.C2HF3O2/c1-3-30-11-12-31(16-26(32)33)27(34)20-6-4-5-18(13-20)17-35-21-9-7-19(8-10-21)22-14-23(28)24(29)15-25(22)36-2;3-2(4,5)1(6)7/h4-10,13-15,30H,3,11-12,16-17H2,1-2H3,(H,32,33);(H,6,7). The number of halogens is 5. The molecule has 0 radical (unpaired) electrons. The normalized spacial score (nSPS) is 10.9. The third-order valence-electron chi connectivity index (χ3n) is 5.65. The molecule has 0 saturated heterocycles. The van der Waals surface area contributed by atoms with E-state index in [0.29, 0.717) is 28.3 Å². The predicted octanol–water partition coefficient (Wildman–Crippen LogP) is 5.70. The molecule has 0 saturated carbocycles. The van der Waals surface area contributed by atoms with Crippen LogP contribution < -0.4 is 10.1 Å². The SMILES string of the molecule is CCNCCN(CC(=O)O)C(=O)c1cccc(COc2ccc(-c3cc(F)c(F)cc3SC)cc2)c1.O=C(O)C(F)(F)F. The summed E-state index contributed by atoms with van der Waals surface area (Å²) in [6.45, 7) is 3.25. The highest BCUT2D eigenvalue weighted by atomic mass is 32.2. The summed E-state index contributed by atoms with van der Waals surface area (Å²) in [5.41, 5.74) is 2.46. The molecule has 3 N–H and O–H groups in total. The van der Waals surface area contributed by atoms with E-state index >= 15 is 0 Å². The molecule has 0 bridgehead atoms. The van der Waals surface area contributed by atoms with Crippen LogP contribution >= 0.6 is 11.8 Å². The Morgan fingerprint density at radius 3 is 2.16 bits per heavy atom. The number of carboxylic acids is 2. The highest BCUT2D eigenvalue weighted by Gasteiger charge is 2.38. The number of thioether (sulfide) groups is 1. The Labute approximate surface area is 248 Å². The van der Waals surface area contributed by atoms with E-state index in [-0.39, 0.29) is 25.6 Å². The lowest BCUT2D eigenvalue weighted by molar-refractivity contribution is -0.192. The monoisotopic (exact) mass is 628 g/mol. The van der Waals surface area contributed by atoms with E-state index in [1.165, 1.54) is 28.8 Å². The van der Waals surface area contributed by atoms with Crippen LogP contribution in [0.15, 0.2) is 65.6 Å². The van der Waals surface area contributed by atoms with Crippen molar-refractivity contribution in [3.05, 3.63) is 83.4 Å². The number of nitrogens with zero attached hydrogens (tertiary/aromatic N) is 1. The number of likely N-dealkylation sites (N-methyl/N-ethyl adjacent to an activating group) is 1. The van der Waals surface area contributed by atoms with Gasteiger partial charge >= 0.3 is 18.1 Å². The average molecular weight is 629 g/mol. The first-order chi connectivity index (χ1) is 20.3. The Morgan fingerprint density at radius 1 is 0.977 bits per heavy atom. The van der Waals surface area contributed by atoms with Gasteiger partial charge in [-0.05, 0) is 65.9 Å². The van der Waals surface area contributed by atoms with Gasteiger partial charge in [-0.3, -0.25) is 9.59 Å². The number of benzene rings is 3. The van der Waals surface area contributed by atoms with Crippen LogP contribution in [0.25, 0.3) is 11.1 Å². The molecule has 0 aromatic heterocycles. The number of alkyl halides is 3. The van der Waals surface area contributed by atoms with Crippen LogP contribution in [0, 0.1) is 11.6 Å². The van der Waals surface area contributed by atoms with Crippen LogP contribution in [0.2, 0.25) is 0 Å². The number of ether oxygens (including phenoxy) is 1. The number of carbonyl (C=O) groups is 3. The zero-order chi connectivity index (χ0) is 32.2. The molecule has 1 amide bonds. The first kappa shape index (κ1) is 35.0. The number of rotatable bonds is 12. The second-order valence-electron chi connectivity index (χ2n) is 8.76. The van der Waals surface area contributed by atoms with Crippen molar-refractivity contribution < 1.29 is 51.3 Å². The number of aliphatic carboxylic acids is 2. The predicted molar refractivity (Wildman–Crippen MR) is 150 cm³/mol. The van der Waals surface area contributed by atoms with Crippen molar-refractivity contribution in [1.29, 1.82) is 0 Å². The second kappa shape index (κ2) is 16.5. The number of nitrogens with one attached hydrogen (secondary N) is 1. The molecule has 0 aliphatic rings. The largest absolute Gasteiger partial charge is 0.490 e. The molecule has 0 unspecified atom stereocenters. The van der Waals surface area contributed by atoms with E-state index < -0.39 is 29.7 Å². The molecule has 3 aromatic rings. The fraction of sp³-hybridized carbons (Fsp3) is 0.276. The highest BCUT2D eigenvalue weighted by molar-refractivity contribution is 7.98. The molecular formula is C29H29F5N2O6S. The van der Waals surface area contributed by atoms with Gasteiger partial charge in [0, 0.05) is 23.5 Å². The Bertz CT molecular complexity index is 1400. The molecule has 232 valence electrons. The second-order valence-corrected chi connectivity index (χ2v) is 9.61.